The second kappa shape index (κ2) is 8.06. The monoisotopic (exact) mass is 236 g/mol. The first-order valence-electron chi connectivity index (χ1n) is 4.80. The molecule has 0 rings (SSSR count). The lowest BCUT2D eigenvalue weighted by molar-refractivity contribution is 0.0991. The van der Waals surface area contributed by atoms with Crippen molar-refractivity contribution in [3.8, 4) is 0 Å². The van der Waals surface area contributed by atoms with Crippen molar-refractivity contribution in [1.82, 2.24) is 0 Å². The van der Waals surface area contributed by atoms with Gasteiger partial charge >= 0.3 is 0 Å². The van der Waals surface area contributed by atoms with Crippen LogP contribution in [-0.2, 0) is 4.74 Å². The average molecular weight is 237 g/mol. The Hall–Kier alpha value is 0.440. The van der Waals surface area contributed by atoms with Gasteiger partial charge in [-0.3, -0.25) is 0 Å². The van der Waals surface area contributed by atoms with Gasteiger partial charge in [0, 0.05) is 18.5 Å². The van der Waals surface area contributed by atoms with E-state index >= 15 is 0 Å². The Labute approximate surface area is 85.0 Å². The zero-order chi connectivity index (χ0) is 9.40. The Morgan fingerprint density at radius 2 is 1.83 bits per heavy atom. The van der Waals surface area contributed by atoms with Crippen LogP contribution < -0.4 is 0 Å². The van der Waals surface area contributed by atoms with Gasteiger partial charge in [0.2, 0.25) is 0 Å². The molecule has 0 amide bonds. The Bertz CT molecular complexity index is 93.8. The fourth-order valence-electron chi connectivity index (χ4n) is 0.934. The summed E-state index contributed by atoms with van der Waals surface area (Å²) in [5.41, 5.74) is 0. The maximum absolute atomic E-state index is 5.50. The average Bonchev–Trinajstić information content (AvgIpc) is 1.98. The normalized spacial score (nSPS) is 13.8. The highest BCUT2D eigenvalue weighted by molar-refractivity contribution is 9.09. The van der Waals surface area contributed by atoms with Crippen molar-refractivity contribution in [2.24, 2.45) is 11.8 Å². The maximum Gasteiger partial charge on any atom is 0.0488 e. The van der Waals surface area contributed by atoms with Gasteiger partial charge < -0.3 is 4.74 Å². The highest BCUT2D eigenvalue weighted by Crippen LogP contribution is 2.09. The Balaban J connectivity index is 3.08. The number of hydrogen-bond donors (Lipinski definition) is 0. The molecule has 0 aliphatic carbocycles. The van der Waals surface area contributed by atoms with Crippen LogP contribution in [0.5, 0.6) is 0 Å². The summed E-state index contributed by atoms with van der Waals surface area (Å²) >= 11 is 3.44. The molecule has 74 valence electrons. The van der Waals surface area contributed by atoms with E-state index in [0.29, 0.717) is 5.92 Å². The Kier molecular flexibility index (Phi) is 8.35. The predicted molar refractivity (Wildman–Crippen MR) is 57.8 cm³/mol. The SMILES string of the molecule is CC(C)COCCC(C)CCBr. The predicted octanol–water partition coefficient (Wildman–Crippen LogP) is 3.47. The number of hydrogen-bond acceptors (Lipinski definition) is 1. The van der Waals surface area contributed by atoms with Crippen LogP contribution in [-0.4, -0.2) is 18.5 Å². The van der Waals surface area contributed by atoms with Crippen LogP contribution in [0.1, 0.15) is 33.6 Å². The molecule has 0 N–H and O–H groups in total. The van der Waals surface area contributed by atoms with Crippen molar-refractivity contribution in [2.45, 2.75) is 33.6 Å². The maximum atomic E-state index is 5.50. The standard InChI is InChI=1S/C10H21BrO/c1-9(2)8-12-7-5-10(3)4-6-11/h9-10H,4-8H2,1-3H3. The Morgan fingerprint density at radius 3 is 2.33 bits per heavy atom. The number of ether oxygens (including phenoxy) is 1. The molecule has 0 fully saturated rings. The molecule has 0 heterocycles. The lowest BCUT2D eigenvalue weighted by Crippen LogP contribution is -2.06. The molecule has 12 heavy (non-hydrogen) atoms. The highest BCUT2D eigenvalue weighted by atomic mass is 79.9. The Morgan fingerprint density at radius 1 is 1.17 bits per heavy atom. The van der Waals surface area contributed by atoms with Crippen LogP contribution in [0.3, 0.4) is 0 Å². The first-order valence-corrected chi connectivity index (χ1v) is 5.92. The van der Waals surface area contributed by atoms with Crippen LogP contribution in [0.25, 0.3) is 0 Å². The van der Waals surface area contributed by atoms with Gasteiger partial charge in [0.25, 0.3) is 0 Å². The molecule has 0 aliphatic rings. The van der Waals surface area contributed by atoms with Gasteiger partial charge in [-0.25, -0.2) is 0 Å². The van der Waals surface area contributed by atoms with E-state index < -0.39 is 0 Å². The van der Waals surface area contributed by atoms with Crippen LogP contribution in [0.4, 0.5) is 0 Å². The zero-order valence-corrected chi connectivity index (χ0v) is 10.1. The van der Waals surface area contributed by atoms with Crippen LogP contribution in [0.2, 0.25) is 0 Å². The molecule has 0 aliphatic heterocycles. The van der Waals surface area contributed by atoms with E-state index in [-0.39, 0.29) is 0 Å². The van der Waals surface area contributed by atoms with Gasteiger partial charge in [-0.2, -0.15) is 0 Å². The highest BCUT2D eigenvalue weighted by Gasteiger charge is 2.00. The van der Waals surface area contributed by atoms with Gasteiger partial charge in [-0.15, -0.1) is 0 Å². The van der Waals surface area contributed by atoms with Gasteiger partial charge in [0.15, 0.2) is 0 Å². The summed E-state index contributed by atoms with van der Waals surface area (Å²) in [7, 11) is 0. The van der Waals surface area contributed by atoms with Crippen LogP contribution in [0, 0.1) is 11.8 Å². The summed E-state index contributed by atoms with van der Waals surface area (Å²) < 4.78 is 5.50. The minimum atomic E-state index is 0.663. The summed E-state index contributed by atoms with van der Waals surface area (Å²) in [6, 6.07) is 0. The van der Waals surface area contributed by atoms with Crippen molar-refractivity contribution in [3.63, 3.8) is 0 Å². The molecule has 0 saturated heterocycles. The number of rotatable bonds is 7. The fraction of sp³-hybridized carbons (Fsp3) is 1.00. The van der Waals surface area contributed by atoms with Crippen LogP contribution >= 0.6 is 15.9 Å². The molecule has 0 aromatic heterocycles. The molecule has 2 heteroatoms. The molecule has 1 atom stereocenters. The van der Waals surface area contributed by atoms with Crippen LogP contribution in [0.15, 0.2) is 0 Å². The summed E-state index contributed by atoms with van der Waals surface area (Å²) in [5.74, 6) is 1.45. The molecule has 0 saturated carbocycles. The van der Waals surface area contributed by atoms with Crippen molar-refractivity contribution in [2.75, 3.05) is 18.5 Å². The molecule has 0 spiro atoms. The molecular weight excluding hydrogens is 216 g/mol. The van der Waals surface area contributed by atoms with Crippen molar-refractivity contribution in [3.05, 3.63) is 0 Å². The lowest BCUT2D eigenvalue weighted by atomic mass is 10.1. The first-order chi connectivity index (χ1) is 5.66. The molecule has 1 unspecified atom stereocenters. The summed E-state index contributed by atoms with van der Waals surface area (Å²) in [5, 5.41) is 1.11. The third-order valence-corrected chi connectivity index (χ3v) is 2.27. The summed E-state index contributed by atoms with van der Waals surface area (Å²) in [6.45, 7) is 8.47. The number of halogens is 1. The molecule has 0 bridgehead atoms. The largest absolute Gasteiger partial charge is 0.381 e. The van der Waals surface area contributed by atoms with Crippen molar-refractivity contribution >= 4 is 15.9 Å². The van der Waals surface area contributed by atoms with E-state index in [2.05, 4.69) is 36.7 Å². The first kappa shape index (κ1) is 12.4. The minimum absolute atomic E-state index is 0.663. The third-order valence-electron chi connectivity index (χ3n) is 1.81. The molecule has 0 aromatic rings. The molecule has 1 nitrogen and oxygen atoms in total. The molecule has 0 radical (unpaired) electrons. The van der Waals surface area contributed by atoms with Gasteiger partial charge in [0.1, 0.15) is 0 Å². The van der Waals surface area contributed by atoms with Gasteiger partial charge in [-0.05, 0) is 24.7 Å². The van der Waals surface area contributed by atoms with E-state index in [0.717, 1.165) is 24.5 Å². The van der Waals surface area contributed by atoms with E-state index in [9.17, 15) is 0 Å². The topological polar surface area (TPSA) is 9.23 Å². The fourth-order valence-corrected chi connectivity index (χ4v) is 1.72. The van der Waals surface area contributed by atoms with E-state index in [1.54, 1.807) is 0 Å². The second-order valence-corrected chi connectivity index (χ2v) is 4.63. The van der Waals surface area contributed by atoms with Gasteiger partial charge in [0.05, 0.1) is 0 Å². The quantitative estimate of drug-likeness (QED) is 0.486. The van der Waals surface area contributed by atoms with E-state index in [1.165, 1.54) is 12.8 Å². The van der Waals surface area contributed by atoms with Crippen molar-refractivity contribution < 1.29 is 4.74 Å². The van der Waals surface area contributed by atoms with E-state index in [4.69, 9.17) is 4.74 Å². The second-order valence-electron chi connectivity index (χ2n) is 3.84. The zero-order valence-electron chi connectivity index (χ0n) is 8.48. The summed E-state index contributed by atoms with van der Waals surface area (Å²) in [4.78, 5) is 0. The summed E-state index contributed by atoms with van der Waals surface area (Å²) in [6.07, 6.45) is 2.45. The lowest BCUT2D eigenvalue weighted by Gasteiger charge is -2.10. The molecular formula is C10H21BrO. The number of alkyl halides is 1. The smallest absolute Gasteiger partial charge is 0.0488 e. The van der Waals surface area contributed by atoms with Crippen molar-refractivity contribution in [1.29, 1.82) is 0 Å². The third kappa shape index (κ3) is 8.54. The van der Waals surface area contributed by atoms with E-state index in [1.807, 2.05) is 0 Å². The minimum Gasteiger partial charge on any atom is -0.381 e. The molecule has 0 aromatic carbocycles. The van der Waals surface area contributed by atoms with Gasteiger partial charge in [-0.1, -0.05) is 36.7 Å².